The maximum absolute atomic E-state index is 12.3. The number of fused-ring (bicyclic) bond motifs is 1. The lowest BCUT2D eigenvalue weighted by molar-refractivity contribution is 0.127. The van der Waals surface area contributed by atoms with Gasteiger partial charge in [0.15, 0.2) is 9.84 Å². The second-order valence-corrected chi connectivity index (χ2v) is 7.44. The molecule has 4 heteroatoms. The third kappa shape index (κ3) is 3.02. The van der Waals surface area contributed by atoms with Crippen molar-refractivity contribution in [2.75, 3.05) is 12.4 Å². The van der Waals surface area contributed by atoms with Gasteiger partial charge in [-0.05, 0) is 29.2 Å². The van der Waals surface area contributed by atoms with Crippen LogP contribution in [-0.2, 0) is 20.3 Å². The molecule has 0 radical (unpaired) electrons. The highest BCUT2D eigenvalue weighted by Gasteiger charge is 2.23. The summed E-state index contributed by atoms with van der Waals surface area (Å²) in [6.07, 6.45) is 1.71. The first-order valence-electron chi connectivity index (χ1n) is 6.93. The second kappa shape index (κ2) is 5.54. The Hall–Kier alpha value is -1.39. The topological polar surface area (TPSA) is 43.4 Å². The molecule has 20 heavy (non-hydrogen) atoms. The minimum Gasteiger partial charge on any atom is -0.377 e. The van der Waals surface area contributed by atoms with Crippen molar-refractivity contribution in [3.05, 3.63) is 48.0 Å². The van der Waals surface area contributed by atoms with Crippen LogP contribution in [-0.4, -0.2) is 26.9 Å². The summed E-state index contributed by atoms with van der Waals surface area (Å²) < 4.78 is 30.1. The summed E-state index contributed by atoms with van der Waals surface area (Å²) in [5, 5.41) is 2.10. The van der Waals surface area contributed by atoms with Crippen LogP contribution in [0.25, 0.3) is 10.8 Å². The summed E-state index contributed by atoms with van der Waals surface area (Å²) in [5.74, 6) is 0.227. The average molecular weight is 290 g/mol. The second-order valence-electron chi connectivity index (χ2n) is 5.33. The number of sulfone groups is 1. The Morgan fingerprint density at radius 2 is 1.90 bits per heavy atom. The van der Waals surface area contributed by atoms with Gasteiger partial charge in [0.25, 0.3) is 0 Å². The number of ether oxygens (including phenoxy) is 1. The molecule has 2 aromatic carbocycles. The summed E-state index contributed by atoms with van der Waals surface area (Å²) in [5.41, 5.74) is 0.876. The summed E-state index contributed by atoms with van der Waals surface area (Å²) in [7, 11) is -3.13. The zero-order valence-electron chi connectivity index (χ0n) is 11.3. The lowest BCUT2D eigenvalue weighted by atomic mass is 10.1. The fraction of sp³-hybridized carbons (Fsp3) is 0.375. The zero-order chi connectivity index (χ0) is 14.0. The lowest BCUT2D eigenvalue weighted by Gasteiger charge is -2.11. The standard InChI is InChI=1S/C16H18O3S/c17-20(18,12-15-8-4-10-19-15)11-14-7-3-6-13-5-1-2-9-16(13)14/h1-3,5-7,9,15H,4,8,10-12H2/t15-/m0/s1. The van der Waals surface area contributed by atoms with E-state index in [4.69, 9.17) is 4.74 Å². The Kier molecular flexibility index (Phi) is 3.76. The number of hydrogen-bond acceptors (Lipinski definition) is 3. The van der Waals surface area contributed by atoms with E-state index < -0.39 is 9.84 Å². The van der Waals surface area contributed by atoms with E-state index in [9.17, 15) is 8.42 Å². The molecule has 0 unspecified atom stereocenters. The normalized spacial score (nSPS) is 19.5. The minimum absolute atomic E-state index is 0.0915. The highest BCUT2D eigenvalue weighted by molar-refractivity contribution is 7.90. The fourth-order valence-electron chi connectivity index (χ4n) is 2.77. The van der Waals surface area contributed by atoms with E-state index in [2.05, 4.69) is 0 Å². The van der Waals surface area contributed by atoms with Gasteiger partial charge in [0.05, 0.1) is 17.6 Å². The molecule has 1 atom stereocenters. The van der Waals surface area contributed by atoms with Gasteiger partial charge < -0.3 is 4.74 Å². The smallest absolute Gasteiger partial charge is 0.157 e. The predicted molar refractivity (Wildman–Crippen MR) is 80.4 cm³/mol. The van der Waals surface area contributed by atoms with E-state index in [1.54, 1.807) is 0 Å². The van der Waals surface area contributed by atoms with Gasteiger partial charge >= 0.3 is 0 Å². The molecular formula is C16H18O3S. The van der Waals surface area contributed by atoms with Gasteiger partial charge in [0.2, 0.25) is 0 Å². The summed E-state index contributed by atoms with van der Waals surface area (Å²) in [6.45, 7) is 0.689. The molecule has 0 bridgehead atoms. The Balaban J connectivity index is 1.85. The molecule has 1 fully saturated rings. The van der Waals surface area contributed by atoms with Crippen LogP contribution in [0.5, 0.6) is 0 Å². The molecule has 0 saturated carbocycles. The van der Waals surface area contributed by atoms with Gasteiger partial charge in [-0.15, -0.1) is 0 Å². The van der Waals surface area contributed by atoms with Crippen molar-refractivity contribution >= 4 is 20.6 Å². The van der Waals surface area contributed by atoms with Gasteiger partial charge in [0, 0.05) is 6.61 Å². The molecule has 1 saturated heterocycles. The molecule has 2 aromatic rings. The molecule has 106 valence electrons. The predicted octanol–water partition coefficient (Wildman–Crippen LogP) is 2.93. The Morgan fingerprint density at radius 3 is 2.70 bits per heavy atom. The molecular weight excluding hydrogens is 272 g/mol. The van der Waals surface area contributed by atoms with Crippen LogP contribution in [0.3, 0.4) is 0 Å². The van der Waals surface area contributed by atoms with E-state index in [1.165, 1.54) is 0 Å². The van der Waals surface area contributed by atoms with Crippen LogP contribution in [0.4, 0.5) is 0 Å². The minimum atomic E-state index is -3.13. The lowest BCUT2D eigenvalue weighted by Crippen LogP contribution is -2.21. The van der Waals surface area contributed by atoms with Gasteiger partial charge in [0.1, 0.15) is 0 Å². The largest absolute Gasteiger partial charge is 0.377 e. The SMILES string of the molecule is O=S(=O)(Cc1cccc2ccccc12)C[C@@H]1CCCO1. The average Bonchev–Trinajstić information content (AvgIpc) is 2.91. The quantitative estimate of drug-likeness (QED) is 0.869. The van der Waals surface area contributed by atoms with Crippen molar-refractivity contribution in [3.8, 4) is 0 Å². The number of hydrogen-bond donors (Lipinski definition) is 0. The Labute approximate surface area is 119 Å². The van der Waals surface area contributed by atoms with Crippen LogP contribution in [0.15, 0.2) is 42.5 Å². The molecule has 0 amide bonds. The maximum Gasteiger partial charge on any atom is 0.157 e. The van der Waals surface area contributed by atoms with E-state index >= 15 is 0 Å². The highest BCUT2D eigenvalue weighted by Crippen LogP contribution is 2.22. The van der Waals surface area contributed by atoms with Gasteiger partial charge in [-0.3, -0.25) is 0 Å². The third-order valence-electron chi connectivity index (χ3n) is 3.72. The molecule has 0 aliphatic carbocycles. The third-order valence-corrected chi connectivity index (χ3v) is 5.35. The molecule has 1 aliphatic rings. The van der Waals surface area contributed by atoms with E-state index in [0.717, 1.165) is 29.2 Å². The Bertz CT molecular complexity index is 695. The summed E-state index contributed by atoms with van der Waals surface area (Å²) in [4.78, 5) is 0. The molecule has 0 N–H and O–H groups in total. The van der Waals surface area contributed by atoms with Crippen molar-refractivity contribution in [1.29, 1.82) is 0 Å². The summed E-state index contributed by atoms with van der Waals surface area (Å²) in [6, 6.07) is 13.7. The van der Waals surface area contributed by atoms with Crippen molar-refractivity contribution in [3.63, 3.8) is 0 Å². The fourth-order valence-corrected chi connectivity index (χ4v) is 4.45. The monoisotopic (exact) mass is 290 g/mol. The van der Waals surface area contributed by atoms with E-state index in [-0.39, 0.29) is 17.6 Å². The first-order chi connectivity index (χ1) is 9.64. The number of rotatable bonds is 4. The van der Waals surface area contributed by atoms with Crippen molar-refractivity contribution in [1.82, 2.24) is 0 Å². The van der Waals surface area contributed by atoms with Gasteiger partial charge in [-0.25, -0.2) is 8.42 Å². The van der Waals surface area contributed by atoms with Crippen LogP contribution in [0, 0.1) is 0 Å². The van der Waals surface area contributed by atoms with E-state index in [0.29, 0.717) is 6.61 Å². The molecule has 1 heterocycles. The molecule has 3 rings (SSSR count). The Morgan fingerprint density at radius 1 is 1.10 bits per heavy atom. The summed E-state index contributed by atoms with van der Waals surface area (Å²) >= 11 is 0. The molecule has 0 spiro atoms. The molecule has 1 aliphatic heterocycles. The maximum atomic E-state index is 12.3. The van der Waals surface area contributed by atoms with Crippen LogP contribution >= 0.6 is 0 Å². The van der Waals surface area contributed by atoms with E-state index in [1.807, 2.05) is 42.5 Å². The highest BCUT2D eigenvalue weighted by atomic mass is 32.2. The van der Waals surface area contributed by atoms with Crippen molar-refractivity contribution in [2.45, 2.75) is 24.7 Å². The van der Waals surface area contributed by atoms with Crippen LogP contribution in [0.2, 0.25) is 0 Å². The molecule has 3 nitrogen and oxygen atoms in total. The molecule has 0 aromatic heterocycles. The van der Waals surface area contributed by atoms with Crippen molar-refractivity contribution in [2.24, 2.45) is 0 Å². The van der Waals surface area contributed by atoms with Gasteiger partial charge in [-0.1, -0.05) is 42.5 Å². The van der Waals surface area contributed by atoms with Crippen LogP contribution < -0.4 is 0 Å². The first-order valence-corrected chi connectivity index (χ1v) is 8.75. The first kappa shape index (κ1) is 13.6. The number of benzene rings is 2. The van der Waals surface area contributed by atoms with Crippen molar-refractivity contribution < 1.29 is 13.2 Å². The zero-order valence-corrected chi connectivity index (χ0v) is 12.1. The van der Waals surface area contributed by atoms with Gasteiger partial charge in [-0.2, -0.15) is 0 Å². The van der Waals surface area contributed by atoms with Crippen LogP contribution in [0.1, 0.15) is 18.4 Å².